The second-order valence-electron chi connectivity index (χ2n) is 4.43. The molecule has 0 fully saturated rings. The summed E-state index contributed by atoms with van der Waals surface area (Å²) in [6.07, 6.45) is 5.21. The molecule has 1 atom stereocenters. The fourth-order valence-electron chi connectivity index (χ4n) is 2.33. The lowest BCUT2D eigenvalue weighted by Crippen LogP contribution is -2.28. The lowest BCUT2D eigenvalue weighted by molar-refractivity contribution is -0.136. The number of thioether (sulfide) groups is 1. The SMILES string of the molecule is COC(=O)C1=C(C)NC(SC)=C(C#N)C1c1cccnc1. The van der Waals surface area contributed by atoms with Gasteiger partial charge in [0.25, 0.3) is 0 Å². The lowest BCUT2D eigenvalue weighted by atomic mass is 9.83. The molecule has 0 aliphatic carbocycles. The number of methoxy groups -OCH3 is 1. The standard InChI is InChI=1S/C15H15N3O2S/c1-9-12(15(19)20-2)13(10-5-4-6-17-8-10)11(7-16)14(18-9)21-3/h4-6,8,13,18H,1-3H3. The summed E-state index contributed by atoms with van der Waals surface area (Å²) in [6.45, 7) is 1.81. The van der Waals surface area contributed by atoms with Crippen LogP contribution in [0, 0.1) is 11.3 Å². The van der Waals surface area contributed by atoms with Crippen molar-refractivity contribution in [2.24, 2.45) is 0 Å². The topological polar surface area (TPSA) is 75.0 Å². The summed E-state index contributed by atoms with van der Waals surface area (Å²) in [6, 6.07) is 5.85. The largest absolute Gasteiger partial charge is 0.466 e. The Morgan fingerprint density at radius 2 is 2.33 bits per heavy atom. The van der Waals surface area contributed by atoms with Gasteiger partial charge in [0.2, 0.25) is 0 Å². The van der Waals surface area contributed by atoms with Gasteiger partial charge >= 0.3 is 5.97 Å². The predicted octanol–water partition coefficient (Wildman–Crippen LogP) is 2.31. The summed E-state index contributed by atoms with van der Waals surface area (Å²) in [5, 5.41) is 13.4. The molecule has 21 heavy (non-hydrogen) atoms. The molecule has 1 aliphatic rings. The van der Waals surface area contributed by atoms with Crippen molar-refractivity contribution in [3.63, 3.8) is 0 Å². The van der Waals surface area contributed by atoms with Gasteiger partial charge in [0.05, 0.1) is 35.3 Å². The summed E-state index contributed by atoms with van der Waals surface area (Å²) in [5.74, 6) is -0.901. The van der Waals surface area contributed by atoms with Crippen molar-refractivity contribution in [1.82, 2.24) is 10.3 Å². The average molecular weight is 301 g/mol. The molecule has 0 bridgehead atoms. The summed E-state index contributed by atoms with van der Waals surface area (Å²) in [4.78, 5) is 16.2. The minimum atomic E-state index is -0.458. The summed E-state index contributed by atoms with van der Waals surface area (Å²) in [5.41, 5.74) is 2.43. The number of nitrogens with one attached hydrogen (secondary N) is 1. The number of nitrogens with zero attached hydrogens (tertiary/aromatic N) is 2. The van der Waals surface area contributed by atoms with E-state index in [0.717, 1.165) is 10.6 Å². The minimum absolute atomic E-state index is 0.443. The molecule has 0 saturated carbocycles. The number of dihydropyridines is 1. The molecule has 2 rings (SSSR count). The molecule has 0 radical (unpaired) electrons. The number of carbonyl (C=O) groups excluding carboxylic acids is 1. The van der Waals surface area contributed by atoms with Crippen LogP contribution >= 0.6 is 11.8 Å². The van der Waals surface area contributed by atoms with Gasteiger partial charge in [-0.25, -0.2) is 4.79 Å². The van der Waals surface area contributed by atoms with E-state index in [-0.39, 0.29) is 0 Å². The van der Waals surface area contributed by atoms with Crippen molar-refractivity contribution in [3.05, 3.63) is 52.0 Å². The number of pyridine rings is 1. The first-order valence-electron chi connectivity index (χ1n) is 6.28. The smallest absolute Gasteiger partial charge is 0.336 e. The van der Waals surface area contributed by atoms with Gasteiger partial charge in [-0.15, -0.1) is 11.8 Å². The summed E-state index contributed by atoms with van der Waals surface area (Å²) in [7, 11) is 1.34. The fraction of sp³-hybridized carbons (Fsp3) is 0.267. The highest BCUT2D eigenvalue weighted by molar-refractivity contribution is 8.02. The van der Waals surface area contributed by atoms with Crippen LogP contribution in [0.3, 0.4) is 0 Å². The molecule has 1 aliphatic heterocycles. The van der Waals surface area contributed by atoms with Crippen molar-refractivity contribution in [3.8, 4) is 6.07 Å². The Bertz CT molecular complexity index is 659. The first-order valence-corrected chi connectivity index (χ1v) is 7.50. The molecule has 6 heteroatoms. The Balaban J connectivity index is 2.65. The van der Waals surface area contributed by atoms with Gasteiger partial charge < -0.3 is 10.1 Å². The highest BCUT2D eigenvalue weighted by atomic mass is 32.2. The van der Waals surface area contributed by atoms with Gasteiger partial charge in [0.1, 0.15) is 0 Å². The third-order valence-corrected chi connectivity index (χ3v) is 4.00. The van der Waals surface area contributed by atoms with E-state index in [2.05, 4.69) is 16.4 Å². The Kier molecular flexibility index (Phi) is 4.66. The van der Waals surface area contributed by atoms with Crippen LogP contribution in [0.15, 0.2) is 46.4 Å². The molecule has 5 nitrogen and oxygen atoms in total. The molecule has 1 N–H and O–H groups in total. The van der Waals surface area contributed by atoms with Crippen LogP contribution in [0.2, 0.25) is 0 Å². The van der Waals surface area contributed by atoms with Crippen LogP contribution in [0.1, 0.15) is 18.4 Å². The zero-order valence-corrected chi connectivity index (χ0v) is 12.8. The van der Waals surface area contributed by atoms with Crippen molar-refractivity contribution in [2.45, 2.75) is 12.8 Å². The van der Waals surface area contributed by atoms with E-state index < -0.39 is 11.9 Å². The molecule has 108 valence electrons. The third kappa shape index (κ3) is 2.78. The number of rotatable bonds is 3. The number of carbonyl (C=O) groups is 1. The molecule has 0 saturated heterocycles. The minimum Gasteiger partial charge on any atom is -0.466 e. The van der Waals surface area contributed by atoms with E-state index in [1.54, 1.807) is 25.4 Å². The van der Waals surface area contributed by atoms with Crippen LogP contribution in [-0.2, 0) is 9.53 Å². The molecule has 1 unspecified atom stereocenters. The number of ether oxygens (including phenoxy) is 1. The Morgan fingerprint density at radius 1 is 1.57 bits per heavy atom. The number of hydrogen-bond donors (Lipinski definition) is 1. The van der Waals surface area contributed by atoms with Crippen molar-refractivity contribution < 1.29 is 9.53 Å². The fourth-order valence-corrected chi connectivity index (χ4v) is 2.97. The monoisotopic (exact) mass is 301 g/mol. The van der Waals surface area contributed by atoms with Gasteiger partial charge in [-0.2, -0.15) is 5.26 Å². The zero-order chi connectivity index (χ0) is 15.4. The normalized spacial score (nSPS) is 18.1. The average Bonchev–Trinajstić information content (AvgIpc) is 2.53. The van der Waals surface area contributed by atoms with Crippen molar-refractivity contribution >= 4 is 17.7 Å². The molecular weight excluding hydrogens is 286 g/mol. The Labute approximate surface area is 127 Å². The Morgan fingerprint density at radius 3 is 2.86 bits per heavy atom. The van der Waals surface area contributed by atoms with Gasteiger partial charge in [-0.1, -0.05) is 6.07 Å². The van der Waals surface area contributed by atoms with Crippen LogP contribution in [0.25, 0.3) is 0 Å². The number of nitriles is 1. The number of aromatic nitrogens is 1. The maximum absolute atomic E-state index is 12.1. The molecular formula is C15H15N3O2S. The molecule has 0 spiro atoms. The molecule has 1 aromatic heterocycles. The number of hydrogen-bond acceptors (Lipinski definition) is 6. The summed E-state index contributed by atoms with van der Waals surface area (Å²) < 4.78 is 4.88. The maximum Gasteiger partial charge on any atom is 0.336 e. The highest BCUT2D eigenvalue weighted by Gasteiger charge is 2.34. The van der Waals surface area contributed by atoms with E-state index in [1.165, 1.54) is 18.9 Å². The van der Waals surface area contributed by atoms with E-state index in [0.29, 0.717) is 16.8 Å². The quantitative estimate of drug-likeness (QED) is 0.864. The van der Waals surface area contributed by atoms with E-state index in [1.807, 2.05) is 12.3 Å². The van der Waals surface area contributed by atoms with Crippen LogP contribution < -0.4 is 5.32 Å². The van der Waals surface area contributed by atoms with Crippen LogP contribution in [-0.4, -0.2) is 24.3 Å². The second kappa shape index (κ2) is 6.46. The molecule has 0 aromatic carbocycles. The highest BCUT2D eigenvalue weighted by Crippen LogP contribution is 2.39. The predicted molar refractivity (Wildman–Crippen MR) is 81.0 cm³/mol. The number of esters is 1. The van der Waals surface area contributed by atoms with Gasteiger partial charge in [-0.3, -0.25) is 4.98 Å². The third-order valence-electron chi connectivity index (χ3n) is 3.27. The van der Waals surface area contributed by atoms with Gasteiger partial charge in [-0.05, 0) is 24.8 Å². The van der Waals surface area contributed by atoms with Crippen LogP contribution in [0.5, 0.6) is 0 Å². The molecule has 0 amide bonds. The first kappa shape index (κ1) is 15.1. The number of allylic oxidation sites excluding steroid dienone is 2. The van der Waals surface area contributed by atoms with Crippen molar-refractivity contribution in [1.29, 1.82) is 5.26 Å². The second-order valence-corrected chi connectivity index (χ2v) is 5.25. The van der Waals surface area contributed by atoms with E-state index in [9.17, 15) is 10.1 Å². The summed E-state index contributed by atoms with van der Waals surface area (Å²) >= 11 is 1.44. The molecule has 1 aromatic rings. The van der Waals surface area contributed by atoms with Gasteiger partial charge in [0.15, 0.2) is 0 Å². The Hall–Kier alpha value is -2.26. The van der Waals surface area contributed by atoms with E-state index in [4.69, 9.17) is 4.74 Å². The lowest BCUT2D eigenvalue weighted by Gasteiger charge is -2.28. The first-order chi connectivity index (χ1) is 10.1. The maximum atomic E-state index is 12.1. The van der Waals surface area contributed by atoms with Gasteiger partial charge in [0, 0.05) is 18.1 Å². The molecule has 2 heterocycles. The zero-order valence-electron chi connectivity index (χ0n) is 12.0. The van der Waals surface area contributed by atoms with Crippen molar-refractivity contribution in [2.75, 3.05) is 13.4 Å². The van der Waals surface area contributed by atoms with Crippen LogP contribution in [0.4, 0.5) is 0 Å². The van der Waals surface area contributed by atoms with E-state index >= 15 is 0 Å².